The first-order valence-electron chi connectivity index (χ1n) is 6.33. The molecule has 0 aromatic heterocycles. The molecular weight excluding hydrogens is 268 g/mol. The molecule has 2 aromatic rings. The number of aryl methyl sites for hydroxylation is 1. The first-order chi connectivity index (χ1) is 9.99. The number of aromatic hydroxyl groups is 2. The smallest absolute Gasteiger partial charge is 0.233 e. The summed E-state index contributed by atoms with van der Waals surface area (Å²) in [5.41, 5.74) is 2.10. The van der Waals surface area contributed by atoms with Gasteiger partial charge in [0.2, 0.25) is 11.6 Å². The Kier molecular flexibility index (Phi) is 4.18. The average Bonchev–Trinajstić information content (AvgIpc) is 2.48. The molecule has 0 atom stereocenters. The zero-order chi connectivity index (χ0) is 15.4. The van der Waals surface area contributed by atoms with Crippen LogP contribution in [0.1, 0.15) is 21.5 Å². The van der Waals surface area contributed by atoms with Crippen LogP contribution >= 0.6 is 0 Å². The largest absolute Gasteiger partial charge is 0.508 e. The SMILES string of the molecule is Cc1ccc(O)cc1O.O=C1C=Cc2ccccc2C1=O. The summed E-state index contributed by atoms with van der Waals surface area (Å²) in [5.74, 6) is -0.616. The van der Waals surface area contributed by atoms with Gasteiger partial charge in [0.15, 0.2) is 0 Å². The summed E-state index contributed by atoms with van der Waals surface area (Å²) < 4.78 is 0. The lowest BCUT2D eigenvalue weighted by Gasteiger charge is -2.06. The summed E-state index contributed by atoms with van der Waals surface area (Å²) >= 11 is 0. The number of benzene rings is 2. The number of ketones is 2. The first kappa shape index (κ1) is 14.5. The number of phenolic OH excluding ortho intramolecular Hbond substituents is 2. The lowest BCUT2D eigenvalue weighted by Crippen LogP contribution is -2.15. The van der Waals surface area contributed by atoms with Crippen molar-refractivity contribution in [1.82, 2.24) is 0 Å². The number of carbonyl (C=O) groups is 2. The van der Waals surface area contributed by atoms with E-state index in [1.165, 1.54) is 18.2 Å². The Morgan fingerprint density at radius 3 is 2.29 bits per heavy atom. The van der Waals surface area contributed by atoms with Crippen molar-refractivity contribution >= 4 is 17.6 Å². The van der Waals surface area contributed by atoms with Gasteiger partial charge in [-0.3, -0.25) is 9.59 Å². The number of phenols is 2. The quantitative estimate of drug-likeness (QED) is 0.729. The van der Waals surface area contributed by atoms with Crippen molar-refractivity contribution < 1.29 is 19.8 Å². The molecule has 4 nitrogen and oxygen atoms in total. The number of carbonyl (C=O) groups excluding carboxylic acids is 2. The number of fused-ring (bicyclic) bond motifs is 1. The maximum Gasteiger partial charge on any atom is 0.233 e. The third-order valence-electron chi connectivity index (χ3n) is 3.04. The van der Waals surface area contributed by atoms with E-state index in [2.05, 4.69) is 0 Å². The van der Waals surface area contributed by atoms with Gasteiger partial charge >= 0.3 is 0 Å². The summed E-state index contributed by atoms with van der Waals surface area (Å²) in [6.45, 7) is 1.77. The Morgan fingerprint density at radius 1 is 0.905 bits per heavy atom. The van der Waals surface area contributed by atoms with Crippen LogP contribution in [0.25, 0.3) is 6.08 Å². The fourth-order valence-corrected chi connectivity index (χ4v) is 1.82. The van der Waals surface area contributed by atoms with Crippen molar-refractivity contribution in [3.05, 3.63) is 65.2 Å². The Labute approximate surface area is 122 Å². The van der Waals surface area contributed by atoms with Gasteiger partial charge in [-0.05, 0) is 30.2 Å². The van der Waals surface area contributed by atoms with E-state index in [-0.39, 0.29) is 11.5 Å². The fourth-order valence-electron chi connectivity index (χ4n) is 1.82. The van der Waals surface area contributed by atoms with E-state index in [1.54, 1.807) is 31.2 Å². The van der Waals surface area contributed by atoms with Crippen LogP contribution in [0.15, 0.2) is 48.5 Å². The Hall–Kier alpha value is -2.88. The van der Waals surface area contributed by atoms with Crippen LogP contribution in [0.2, 0.25) is 0 Å². The molecule has 0 fully saturated rings. The van der Waals surface area contributed by atoms with Gasteiger partial charge in [-0.2, -0.15) is 0 Å². The van der Waals surface area contributed by atoms with Crippen molar-refractivity contribution in [3.63, 3.8) is 0 Å². The molecule has 0 aliphatic heterocycles. The van der Waals surface area contributed by atoms with E-state index in [4.69, 9.17) is 10.2 Å². The molecule has 0 saturated carbocycles. The van der Waals surface area contributed by atoms with Gasteiger partial charge in [0.1, 0.15) is 11.5 Å². The monoisotopic (exact) mass is 282 g/mol. The molecule has 2 N–H and O–H groups in total. The highest BCUT2D eigenvalue weighted by atomic mass is 16.3. The molecule has 0 amide bonds. The summed E-state index contributed by atoms with van der Waals surface area (Å²) in [6, 6.07) is 11.6. The summed E-state index contributed by atoms with van der Waals surface area (Å²) in [6.07, 6.45) is 2.98. The van der Waals surface area contributed by atoms with Crippen molar-refractivity contribution in [3.8, 4) is 11.5 Å². The number of hydrogen-bond acceptors (Lipinski definition) is 4. The third kappa shape index (κ3) is 3.36. The highest BCUT2D eigenvalue weighted by molar-refractivity contribution is 6.49. The van der Waals surface area contributed by atoms with E-state index in [0.29, 0.717) is 5.56 Å². The average molecular weight is 282 g/mol. The van der Waals surface area contributed by atoms with Crippen LogP contribution in [0.4, 0.5) is 0 Å². The van der Waals surface area contributed by atoms with Crippen molar-refractivity contribution in [2.75, 3.05) is 0 Å². The van der Waals surface area contributed by atoms with Crippen LogP contribution < -0.4 is 0 Å². The molecule has 21 heavy (non-hydrogen) atoms. The van der Waals surface area contributed by atoms with E-state index in [9.17, 15) is 9.59 Å². The van der Waals surface area contributed by atoms with Crippen LogP contribution in [-0.4, -0.2) is 21.8 Å². The normalized spacial score (nSPS) is 12.4. The van der Waals surface area contributed by atoms with Crippen LogP contribution in [0, 0.1) is 6.92 Å². The standard InChI is InChI=1S/C10H6O2.C7H8O2/c11-9-6-5-7-3-1-2-4-8(7)10(9)12;1-5-2-3-6(8)4-7(5)9/h1-6H;2-4,8-9H,1H3. The lowest BCUT2D eigenvalue weighted by molar-refractivity contribution is -0.110. The van der Waals surface area contributed by atoms with E-state index >= 15 is 0 Å². The number of Topliss-reactive ketones (excluding diaryl/α,β-unsaturated/α-hetero) is 1. The van der Waals surface area contributed by atoms with Crippen molar-refractivity contribution in [2.24, 2.45) is 0 Å². The minimum absolute atomic E-state index is 0.0955. The van der Waals surface area contributed by atoms with Crippen LogP contribution in [-0.2, 0) is 4.79 Å². The molecule has 0 spiro atoms. The zero-order valence-electron chi connectivity index (χ0n) is 11.4. The molecule has 3 rings (SSSR count). The van der Waals surface area contributed by atoms with E-state index < -0.39 is 11.6 Å². The topological polar surface area (TPSA) is 74.6 Å². The minimum Gasteiger partial charge on any atom is -0.508 e. The van der Waals surface area contributed by atoms with Gasteiger partial charge in [0.25, 0.3) is 0 Å². The molecule has 0 heterocycles. The summed E-state index contributed by atoms with van der Waals surface area (Å²) in [4.78, 5) is 22.1. The second-order valence-corrected chi connectivity index (χ2v) is 4.58. The van der Waals surface area contributed by atoms with Crippen LogP contribution in [0.3, 0.4) is 0 Å². The van der Waals surface area contributed by atoms with Crippen LogP contribution in [0.5, 0.6) is 11.5 Å². The Bertz CT molecular complexity index is 729. The second kappa shape index (κ2) is 6.05. The predicted molar refractivity (Wildman–Crippen MR) is 79.3 cm³/mol. The lowest BCUT2D eigenvalue weighted by atomic mass is 9.96. The maximum atomic E-state index is 11.2. The third-order valence-corrected chi connectivity index (χ3v) is 3.04. The molecule has 106 valence electrons. The van der Waals surface area contributed by atoms with Crippen molar-refractivity contribution in [2.45, 2.75) is 6.92 Å². The number of hydrogen-bond donors (Lipinski definition) is 2. The zero-order valence-corrected chi connectivity index (χ0v) is 11.4. The highest BCUT2D eigenvalue weighted by Crippen LogP contribution is 2.20. The Balaban J connectivity index is 0.000000161. The van der Waals surface area contributed by atoms with E-state index in [0.717, 1.165) is 11.1 Å². The molecule has 2 aromatic carbocycles. The Morgan fingerprint density at radius 2 is 1.62 bits per heavy atom. The fraction of sp³-hybridized carbons (Fsp3) is 0.0588. The predicted octanol–water partition coefficient (Wildman–Crippen LogP) is 2.87. The molecule has 1 aliphatic carbocycles. The van der Waals surface area contributed by atoms with Gasteiger partial charge in [-0.1, -0.05) is 36.4 Å². The van der Waals surface area contributed by atoms with E-state index in [1.807, 2.05) is 12.1 Å². The number of rotatable bonds is 0. The number of allylic oxidation sites excluding steroid dienone is 1. The molecule has 0 radical (unpaired) electrons. The van der Waals surface area contributed by atoms with Gasteiger partial charge in [-0.15, -0.1) is 0 Å². The molecule has 0 unspecified atom stereocenters. The van der Waals surface area contributed by atoms with Gasteiger partial charge in [0.05, 0.1) is 0 Å². The summed E-state index contributed by atoms with van der Waals surface area (Å²) in [7, 11) is 0. The van der Waals surface area contributed by atoms with Gasteiger partial charge in [-0.25, -0.2) is 0 Å². The molecular formula is C17H14O4. The minimum atomic E-state index is -0.436. The molecule has 0 saturated heterocycles. The first-order valence-corrected chi connectivity index (χ1v) is 6.33. The molecule has 4 heteroatoms. The molecule has 1 aliphatic rings. The highest BCUT2D eigenvalue weighted by Gasteiger charge is 2.19. The maximum absolute atomic E-state index is 11.2. The van der Waals surface area contributed by atoms with Gasteiger partial charge < -0.3 is 10.2 Å². The second-order valence-electron chi connectivity index (χ2n) is 4.58. The summed E-state index contributed by atoms with van der Waals surface area (Å²) in [5, 5.41) is 17.7. The van der Waals surface area contributed by atoms with Crippen molar-refractivity contribution in [1.29, 1.82) is 0 Å². The molecule has 0 bridgehead atoms. The van der Waals surface area contributed by atoms with Gasteiger partial charge in [0, 0.05) is 11.6 Å².